The van der Waals surface area contributed by atoms with Gasteiger partial charge in [-0.2, -0.15) is 0 Å². The number of benzene rings is 1. The first kappa shape index (κ1) is 19.6. The number of hydrogen-bond donors (Lipinski definition) is 3. The lowest BCUT2D eigenvalue weighted by Gasteiger charge is -2.18. The standard InChI is InChI=1S/C19H16ClNO7/c1-28-19-9(18(27)11(21-7-22)5-14(19)25)3-2-8-4-10-15(17(8)26)12(23)6-13(24)16(10)20/h5-8,23-24H,2-4H2,1H3,(H,21,22). The number of allylic oxidation sites excluding steroid dienone is 2. The van der Waals surface area contributed by atoms with Gasteiger partial charge in [0, 0.05) is 23.6 Å². The highest BCUT2D eigenvalue weighted by atomic mass is 35.5. The van der Waals surface area contributed by atoms with Crippen LogP contribution in [0.2, 0.25) is 5.02 Å². The zero-order chi connectivity index (χ0) is 20.6. The summed E-state index contributed by atoms with van der Waals surface area (Å²) < 4.78 is 5.04. The predicted molar refractivity (Wildman–Crippen MR) is 96.9 cm³/mol. The lowest BCUT2D eigenvalue weighted by molar-refractivity contribution is -0.119. The van der Waals surface area contributed by atoms with Crippen LogP contribution in [0.15, 0.2) is 29.2 Å². The number of fused-ring (bicyclic) bond motifs is 1. The van der Waals surface area contributed by atoms with Crippen LogP contribution in [0.3, 0.4) is 0 Å². The van der Waals surface area contributed by atoms with Gasteiger partial charge in [0.1, 0.15) is 11.5 Å². The molecule has 0 heterocycles. The number of hydrogen-bond acceptors (Lipinski definition) is 7. The van der Waals surface area contributed by atoms with E-state index in [2.05, 4.69) is 5.32 Å². The zero-order valence-corrected chi connectivity index (χ0v) is 15.5. The Bertz CT molecular complexity index is 977. The average molecular weight is 406 g/mol. The summed E-state index contributed by atoms with van der Waals surface area (Å²) in [5.74, 6) is -2.89. The highest BCUT2D eigenvalue weighted by molar-refractivity contribution is 6.34. The maximum absolute atomic E-state index is 12.6. The van der Waals surface area contributed by atoms with Crippen LogP contribution in [0.5, 0.6) is 11.5 Å². The molecule has 0 saturated carbocycles. The molecule has 28 heavy (non-hydrogen) atoms. The molecule has 0 fully saturated rings. The van der Waals surface area contributed by atoms with Gasteiger partial charge >= 0.3 is 0 Å². The van der Waals surface area contributed by atoms with Crippen molar-refractivity contribution in [1.29, 1.82) is 0 Å². The van der Waals surface area contributed by atoms with Gasteiger partial charge in [-0.05, 0) is 24.8 Å². The van der Waals surface area contributed by atoms with E-state index in [1.165, 1.54) is 7.11 Å². The molecular weight excluding hydrogens is 390 g/mol. The second-order valence-corrected chi connectivity index (χ2v) is 6.79. The van der Waals surface area contributed by atoms with E-state index in [4.69, 9.17) is 16.3 Å². The minimum atomic E-state index is -0.595. The van der Waals surface area contributed by atoms with Crippen molar-refractivity contribution in [3.63, 3.8) is 0 Å². The first-order valence-electron chi connectivity index (χ1n) is 8.35. The van der Waals surface area contributed by atoms with E-state index >= 15 is 0 Å². The number of nitrogens with one attached hydrogen (secondary N) is 1. The molecule has 0 radical (unpaired) electrons. The molecule has 0 aliphatic heterocycles. The number of ketones is 3. The van der Waals surface area contributed by atoms with Crippen LogP contribution in [-0.4, -0.2) is 41.1 Å². The Morgan fingerprint density at radius 1 is 1.29 bits per heavy atom. The first-order chi connectivity index (χ1) is 13.3. The average Bonchev–Trinajstić information content (AvgIpc) is 2.98. The van der Waals surface area contributed by atoms with Gasteiger partial charge in [-0.1, -0.05) is 11.6 Å². The van der Waals surface area contributed by atoms with Crippen molar-refractivity contribution in [2.75, 3.05) is 7.11 Å². The number of rotatable bonds is 6. The number of phenolic OH excluding ortho intramolecular Hbond substituents is 2. The molecule has 8 nitrogen and oxygen atoms in total. The van der Waals surface area contributed by atoms with Crippen molar-refractivity contribution in [1.82, 2.24) is 5.32 Å². The molecule has 1 atom stereocenters. The van der Waals surface area contributed by atoms with Crippen LogP contribution in [0.25, 0.3) is 0 Å². The second kappa shape index (κ2) is 7.47. The smallest absolute Gasteiger partial charge is 0.222 e. The number of carbonyl (C=O) groups excluding carboxylic acids is 4. The van der Waals surface area contributed by atoms with Crippen LogP contribution in [-0.2, 0) is 25.5 Å². The Balaban J connectivity index is 1.84. The second-order valence-electron chi connectivity index (χ2n) is 6.41. The van der Waals surface area contributed by atoms with Crippen LogP contribution in [0, 0.1) is 5.92 Å². The van der Waals surface area contributed by atoms with Crippen LogP contribution in [0.1, 0.15) is 28.8 Å². The molecule has 146 valence electrons. The van der Waals surface area contributed by atoms with Crippen LogP contribution in [0.4, 0.5) is 0 Å². The monoisotopic (exact) mass is 405 g/mol. The van der Waals surface area contributed by atoms with Crippen molar-refractivity contribution in [3.8, 4) is 11.5 Å². The SMILES string of the molecule is COC1=C(CCC2Cc3c(Cl)c(O)cc(O)c3C2=O)C(=O)C(NC=O)=CC1=O. The molecule has 3 N–H and O–H groups in total. The molecule has 2 aliphatic carbocycles. The zero-order valence-electron chi connectivity index (χ0n) is 14.7. The molecule has 1 aromatic rings. The van der Waals surface area contributed by atoms with Crippen molar-refractivity contribution < 1.29 is 34.1 Å². The highest BCUT2D eigenvalue weighted by Crippen LogP contribution is 2.44. The number of methoxy groups -OCH3 is 1. The molecule has 0 spiro atoms. The summed E-state index contributed by atoms with van der Waals surface area (Å²) in [5, 5.41) is 21.9. The van der Waals surface area contributed by atoms with E-state index in [0.717, 1.165) is 12.1 Å². The molecule has 0 aromatic heterocycles. The Morgan fingerprint density at radius 3 is 2.64 bits per heavy atom. The maximum atomic E-state index is 12.6. The summed E-state index contributed by atoms with van der Waals surface area (Å²) in [4.78, 5) is 47.9. The molecule has 0 bridgehead atoms. The van der Waals surface area contributed by atoms with E-state index in [1.54, 1.807) is 0 Å². The molecule has 3 rings (SSSR count). The third-order valence-electron chi connectivity index (χ3n) is 4.84. The Kier molecular flexibility index (Phi) is 5.24. The predicted octanol–water partition coefficient (Wildman–Crippen LogP) is 1.57. The summed E-state index contributed by atoms with van der Waals surface area (Å²) in [6, 6.07) is 1.01. The van der Waals surface area contributed by atoms with Gasteiger partial charge in [-0.15, -0.1) is 0 Å². The summed E-state index contributed by atoms with van der Waals surface area (Å²) in [6.07, 6.45) is 1.68. The molecular formula is C19H16ClNO7. The van der Waals surface area contributed by atoms with E-state index < -0.39 is 17.5 Å². The largest absolute Gasteiger partial charge is 0.507 e. The summed E-state index contributed by atoms with van der Waals surface area (Å²) in [5.41, 5.74) is 0.302. The summed E-state index contributed by atoms with van der Waals surface area (Å²) in [7, 11) is 1.25. The Hall–Kier alpha value is -3.13. The van der Waals surface area contributed by atoms with Crippen molar-refractivity contribution in [2.24, 2.45) is 5.92 Å². The van der Waals surface area contributed by atoms with Crippen molar-refractivity contribution in [3.05, 3.63) is 45.3 Å². The molecule has 1 amide bonds. The molecule has 1 aromatic carbocycles. The van der Waals surface area contributed by atoms with Gasteiger partial charge in [-0.3, -0.25) is 19.2 Å². The minimum absolute atomic E-state index is 0.00442. The number of ether oxygens (including phenoxy) is 1. The van der Waals surface area contributed by atoms with Gasteiger partial charge in [-0.25, -0.2) is 0 Å². The van der Waals surface area contributed by atoms with Crippen molar-refractivity contribution >= 4 is 35.4 Å². The van der Waals surface area contributed by atoms with E-state index in [9.17, 15) is 29.4 Å². The lowest BCUT2D eigenvalue weighted by Crippen LogP contribution is -2.28. The molecule has 1 unspecified atom stereocenters. The normalized spacial score (nSPS) is 18.9. The number of phenols is 2. The number of halogens is 1. The van der Waals surface area contributed by atoms with E-state index in [1.807, 2.05) is 0 Å². The van der Waals surface area contributed by atoms with E-state index in [0.29, 0.717) is 12.0 Å². The third kappa shape index (κ3) is 3.16. The van der Waals surface area contributed by atoms with Gasteiger partial charge in [0.05, 0.1) is 23.4 Å². The minimum Gasteiger partial charge on any atom is -0.507 e. The van der Waals surface area contributed by atoms with Gasteiger partial charge in [0.2, 0.25) is 18.0 Å². The molecule has 0 saturated heterocycles. The van der Waals surface area contributed by atoms with Crippen LogP contribution < -0.4 is 5.32 Å². The van der Waals surface area contributed by atoms with Gasteiger partial charge in [0.25, 0.3) is 0 Å². The third-order valence-corrected chi connectivity index (χ3v) is 5.26. The summed E-state index contributed by atoms with van der Waals surface area (Å²) >= 11 is 6.04. The molecule has 2 aliphatic rings. The number of amides is 1. The quantitative estimate of drug-likeness (QED) is 0.483. The number of carbonyl (C=O) groups is 4. The molecule has 9 heteroatoms. The number of aromatic hydroxyl groups is 2. The number of Topliss-reactive ketones (excluding diaryl/α,β-unsaturated/α-hetero) is 2. The van der Waals surface area contributed by atoms with E-state index in [-0.39, 0.29) is 64.2 Å². The fourth-order valence-electron chi connectivity index (χ4n) is 3.54. The van der Waals surface area contributed by atoms with Gasteiger partial charge in [0.15, 0.2) is 11.5 Å². The van der Waals surface area contributed by atoms with Crippen LogP contribution >= 0.6 is 11.6 Å². The Labute approximate surface area is 164 Å². The van der Waals surface area contributed by atoms with Crippen molar-refractivity contribution in [2.45, 2.75) is 19.3 Å². The lowest BCUT2D eigenvalue weighted by atomic mass is 9.90. The highest BCUT2D eigenvalue weighted by Gasteiger charge is 2.37. The fourth-order valence-corrected chi connectivity index (χ4v) is 3.77. The maximum Gasteiger partial charge on any atom is 0.222 e. The summed E-state index contributed by atoms with van der Waals surface area (Å²) in [6.45, 7) is 0. The Morgan fingerprint density at radius 2 is 2.00 bits per heavy atom. The fraction of sp³-hybridized carbons (Fsp3) is 0.263. The first-order valence-corrected chi connectivity index (χ1v) is 8.73. The van der Waals surface area contributed by atoms with Gasteiger partial charge < -0.3 is 20.3 Å². The topological polar surface area (TPSA) is 130 Å².